The molecule has 0 radical (unpaired) electrons. The number of nitriles is 1. The number of nitrogens with one attached hydrogen (secondary N) is 1. The van der Waals surface area contributed by atoms with Gasteiger partial charge in [0.2, 0.25) is 0 Å². The molecule has 0 aliphatic carbocycles. The first-order valence-corrected chi connectivity index (χ1v) is 6.90. The van der Waals surface area contributed by atoms with Crippen LogP contribution in [0.15, 0.2) is 36.7 Å². The summed E-state index contributed by atoms with van der Waals surface area (Å²) >= 11 is 0. The van der Waals surface area contributed by atoms with Gasteiger partial charge in [-0.1, -0.05) is 12.1 Å². The Hall–Kier alpha value is -3.14. The number of carboxylic acid groups (broad SMARTS) is 1. The van der Waals surface area contributed by atoms with E-state index < -0.39 is 11.5 Å². The second-order valence-corrected chi connectivity index (χ2v) is 5.53. The van der Waals surface area contributed by atoms with E-state index >= 15 is 0 Å². The highest BCUT2D eigenvalue weighted by Crippen LogP contribution is 2.18. The van der Waals surface area contributed by atoms with Gasteiger partial charge in [-0.15, -0.1) is 0 Å². The fraction of sp³-hybridized carbons (Fsp3) is 0.250. The molecular weight excluding hydrogens is 296 g/mol. The van der Waals surface area contributed by atoms with Crippen LogP contribution in [0.2, 0.25) is 0 Å². The van der Waals surface area contributed by atoms with E-state index in [2.05, 4.69) is 10.4 Å². The van der Waals surface area contributed by atoms with Gasteiger partial charge in [0.25, 0.3) is 5.91 Å². The summed E-state index contributed by atoms with van der Waals surface area (Å²) in [5.74, 6) is -1.37. The quantitative estimate of drug-likeness (QED) is 0.878. The number of nitrogens with zero attached hydrogens (tertiary/aromatic N) is 3. The van der Waals surface area contributed by atoms with Gasteiger partial charge in [0.15, 0.2) is 5.54 Å². The Labute approximate surface area is 133 Å². The van der Waals surface area contributed by atoms with Gasteiger partial charge in [-0.25, -0.2) is 4.79 Å². The highest BCUT2D eigenvalue weighted by atomic mass is 16.4. The molecule has 2 aromatic rings. The number of aliphatic carboxylic acids is 1. The van der Waals surface area contributed by atoms with Gasteiger partial charge in [-0.3, -0.25) is 9.48 Å². The van der Waals surface area contributed by atoms with Crippen molar-refractivity contribution in [3.05, 3.63) is 47.8 Å². The minimum Gasteiger partial charge on any atom is -0.479 e. The van der Waals surface area contributed by atoms with Crippen LogP contribution < -0.4 is 5.32 Å². The first-order valence-electron chi connectivity index (χ1n) is 6.90. The molecule has 0 bridgehead atoms. The lowest BCUT2D eigenvalue weighted by atomic mass is 10.1. The molecule has 118 valence electrons. The first-order chi connectivity index (χ1) is 10.8. The van der Waals surface area contributed by atoms with E-state index in [9.17, 15) is 14.7 Å². The SMILES string of the molecule is CC(C)(C(=O)O)n1cc(NC(=O)c2cccc(CC#N)c2)cn1. The van der Waals surface area contributed by atoms with E-state index in [0.29, 0.717) is 11.3 Å². The molecule has 0 atom stereocenters. The lowest BCUT2D eigenvalue weighted by Crippen LogP contribution is -2.35. The maximum absolute atomic E-state index is 12.2. The van der Waals surface area contributed by atoms with Crippen molar-refractivity contribution in [2.75, 3.05) is 5.32 Å². The summed E-state index contributed by atoms with van der Waals surface area (Å²) < 4.78 is 1.27. The molecule has 0 fully saturated rings. The molecular formula is C16H16N4O3. The van der Waals surface area contributed by atoms with Crippen molar-refractivity contribution < 1.29 is 14.7 Å². The third-order valence-electron chi connectivity index (χ3n) is 3.41. The molecule has 23 heavy (non-hydrogen) atoms. The topological polar surface area (TPSA) is 108 Å². The average molecular weight is 312 g/mol. The third kappa shape index (κ3) is 3.55. The van der Waals surface area contributed by atoms with Crippen molar-refractivity contribution in [1.82, 2.24) is 9.78 Å². The Bertz CT molecular complexity index is 787. The van der Waals surface area contributed by atoms with E-state index in [-0.39, 0.29) is 12.3 Å². The molecule has 0 unspecified atom stereocenters. The van der Waals surface area contributed by atoms with Crippen LogP contribution in [0.25, 0.3) is 0 Å². The van der Waals surface area contributed by atoms with Crippen LogP contribution in [-0.4, -0.2) is 26.8 Å². The van der Waals surface area contributed by atoms with Crippen molar-refractivity contribution in [3.8, 4) is 6.07 Å². The van der Waals surface area contributed by atoms with Crippen molar-refractivity contribution in [1.29, 1.82) is 5.26 Å². The monoisotopic (exact) mass is 312 g/mol. The molecule has 2 N–H and O–H groups in total. The highest BCUT2D eigenvalue weighted by molar-refractivity contribution is 6.04. The molecule has 7 heteroatoms. The zero-order valence-electron chi connectivity index (χ0n) is 12.8. The molecule has 1 aromatic heterocycles. The summed E-state index contributed by atoms with van der Waals surface area (Å²) in [5, 5.41) is 24.5. The summed E-state index contributed by atoms with van der Waals surface area (Å²) in [6, 6.07) is 8.79. The van der Waals surface area contributed by atoms with Crippen molar-refractivity contribution in [2.45, 2.75) is 25.8 Å². The molecule has 0 aliphatic rings. The van der Waals surface area contributed by atoms with Crippen LogP contribution in [-0.2, 0) is 16.8 Å². The predicted octanol–water partition coefficient (Wildman–Crippen LogP) is 2.02. The first kappa shape index (κ1) is 16.2. The van der Waals surface area contributed by atoms with E-state index in [4.69, 9.17) is 5.26 Å². The van der Waals surface area contributed by atoms with Crippen LogP contribution >= 0.6 is 0 Å². The zero-order valence-corrected chi connectivity index (χ0v) is 12.8. The van der Waals surface area contributed by atoms with Crippen molar-refractivity contribution in [3.63, 3.8) is 0 Å². The molecule has 0 spiro atoms. The number of benzene rings is 1. The molecule has 0 saturated heterocycles. The second-order valence-electron chi connectivity index (χ2n) is 5.53. The number of amides is 1. The molecule has 0 aliphatic heterocycles. The maximum atomic E-state index is 12.2. The Kier molecular flexibility index (Phi) is 4.46. The van der Waals surface area contributed by atoms with Gasteiger partial charge in [-0.2, -0.15) is 10.4 Å². The molecule has 0 saturated carbocycles. The number of rotatable bonds is 5. The second kappa shape index (κ2) is 6.32. The number of carboxylic acids is 1. The molecule has 2 rings (SSSR count). The van der Waals surface area contributed by atoms with Crippen molar-refractivity contribution >= 4 is 17.6 Å². The summed E-state index contributed by atoms with van der Waals surface area (Å²) in [5.41, 5.74) is 0.358. The Morgan fingerprint density at radius 3 is 2.83 bits per heavy atom. The summed E-state index contributed by atoms with van der Waals surface area (Å²) in [4.78, 5) is 23.4. The summed E-state index contributed by atoms with van der Waals surface area (Å²) in [6.07, 6.45) is 3.08. The molecule has 1 aromatic carbocycles. The van der Waals surface area contributed by atoms with Gasteiger partial charge in [0.05, 0.1) is 24.4 Å². The average Bonchev–Trinajstić information content (AvgIpc) is 2.97. The van der Waals surface area contributed by atoms with Gasteiger partial charge >= 0.3 is 5.97 Å². The number of carbonyl (C=O) groups is 2. The lowest BCUT2D eigenvalue weighted by Gasteiger charge is -2.19. The van der Waals surface area contributed by atoms with Crippen LogP contribution in [0.1, 0.15) is 29.8 Å². The zero-order chi connectivity index (χ0) is 17.0. The predicted molar refractivity (Wildman–Crippen MR) is 82.9 cm³/mol. The minimum absolute atomic E-state index is 0.228. The van der Waals surface area contributed by atoms with Crippen LogP contribution in [0.5, 0.6) is 0 Å². The standard InChI is InChI=1S/C16H16N4O3/c1-16(2,15(22)23)20-10-13(9-18-20)19-14(21)12-5-3-4-11(8-12)6-7-17/h3-5,8-10H,6H2,1-2H3,(H,19,21)(H,22,23). The maximum Gasteiger partial charge on any atom is 0.331 e. The lowest BCUT2D eigenvalue weighted by molar-refractivity contribution is -0.146. The largest absolute Gasteiger partial charge is 0.479 e. The molecule has 1 heterocycles. The van der Waals surface area contributed by atoms with Gasteiger partial charge in [0.1, 0.15) is 0 Å². The van der Waals surface area contributed by atoms with Gasteiger partial charge in [0, 0.05) is 11.8 Å². The molecule has 1 amide bonds. The van der Waals surface area contributed by atoms with E-state index in [1.165, 1.54) is 30.9 Å². The van der Waals surface area contributed by atoms with Crippen LogP contribution in [0.4, 0.5) is 5.69 Å². The van der Waals surface area contributed by atoms with Crippen molar-refractivity contribution in [2.24, 2.45) is 0 Å². The summed E-state index contributed by atoms with van der Waals surface area (Å²) in [6.45, 7) is 3.03. The molecule has 7 nitrogen and oxygen atoms in total. The Balaban J connectivity index is 2.16. The smallest absolute Gasteiger partial charge is 0.331 e. The fourth-order valence-electron chi connectivity index (χ4n) is 1.91. The summed E-state index contributed by atoms with van der Waals surface area (Å²) in [7, 11) is 0. The number of carbonyl (C=O) groups excluding carboxylic acids is 1. The number of hydrogen-bond acceptors (Lipinski definition) is 4. The van der Waals surface area contributed by atoms with E-state index in [1.807, 2.05) is 6.07 Å². The number of hydrogen-bond donors (Lipinski definition) is 2. The third-order valence-corrected chi connectivity index (χ3v) is 3.41. The van der Waals surface area contributed by atoms with E-state index in [1.54, 1.807) is 24.3 Å². The van der Waals surface area contributed by atoms with Crippen LogP contribution in [0, 0.1) is 11.3 Å². The number of anilines is 1. The van der Waals surface area contributed by atoms with Gasteiger partial charge < -0.3 is 10.4 Å². The highest BCUT2D eigenvalue weighted by Gasteiger charge is 2.30. The number of aromatic nitrogens is 2. The normalized spacial score (nSPS) is 10.8. The fourth-order valence-corrected chi connectivity index (χ4v) is 1.91. The minimum atomic E-state index is -1.21. The van der Waals surface area contributed by atoms with Crippen LogP contribution in [0.3, 0.4) is 0 Å². The van der Waals surface area contributed by atoms with E-state index in [0.717, 1.165) is 5.56 Å². The Morgan fingerprint density at radius 1 is 1.43 bits per heavy atom. The Morgan fingerprint density at radius 2 is 2.17 bits per heavy atom. The van der Waals surface area contributed by atoms with Gasteiger partial charge in [-0.05, 0) is 31.5 Å².